The Balaban J connectivity index is 2.22. The summed E-state index contributed by atoms with van der Waals surface area (Å²) >= 11 is 0. The molecule has 0 aliphatic carbocycles. The van der Waals surface area contributed by atoms with E-state index in [4.69, 9.17) is 5.11 Å². The Morgan fingerprint density at radius 2 is 2.05 bits per heavy atom. The predicted octanol–water partition coefficient (Wildman–Crippen LogP) is 0.651. The van der Waals surface area contributed by atoms with Crippen LogP contribution in [0.2, 0.25) is 0 Å². The molecule has 0 aliphatic heterocycles. The van der Waals surface area contributed by atoms with E-state index in [0.717, 1.165) is 15.9 Å². The largest absolute Gasteiger partial charge is 0.477 e. The van der Waals surface area contributed by atoms with Gasteiger partial charge in [0, 0.05) is 25.9 Å². The lowest BCUT2D eigenvalue weighted by Crippen LogP contribution is -2.28. The highest BCUT2D eigenvalue weighted by Gasteiger charge is 2.23. The van der Waals surface area contributed by atoms with Crippen LogP contribution in [0.4, 0.5) is 0 Å². The van der Waals surface area contributed by atoms with Crippen LogP contribution in [-0.2, 0) is 14.1 Å². The van der Waals surface area contributed by atoms with Crippen molar-refractivity contribution in [2.75, 3.05) is 0 Å². The molecule has 2 rings (SSSR count). The molecular weight excluding hydrogens is 274 g/mol. The topological polar surface area (TPSA) is 102 Å². The molecular formula is C13H17N5O3. The summed E-state index contributed by atoms with van der Waals surface area (Å²) in [6.07, 6.45) is 3.07. The van der Waals surface area contributed by atoms with Crippen molar-refractivity contribution in [2.45, 2.75) is 19.9 Å². The lowest BCUT2D eigenvalue weighted by atomic mass is 10.1. The van der Waals surface area contributed by atoms with Gasteiger partial charge in [-0.15, -0.1) is 0 Å². The molecule has 8 heteroatoms. The number of hydrogen-bond acceptors (Lipinski definition) is 4. The first-order chi connectivity index (χ1) is 9.81. The van der Waals surface area contributed by atoms with Crippen LogP contribution in [0.25, 0.3) is 0 Å². The molecule has 2 heterocycles. The molecule has 8 nitrogen and oxygen atoms in total. The molecule has 0 aromatic carbocycles. The third-order valence-electron chi connectivity index (χ3n) is 3.25. The van der Waals surface area contributed by atoms with Gasteiger partial charge in [-0.3, -0.25) is 14.2 Å². The van der Waals surface area contributed by atoms with Gasteiger partial charge in [0.25, 0.3) is 5.91 Å². The highest BCUT2D eigenvalue weighted by Crippen LogP contribution is 2.17. The third-order valence-corrected chi connectivity index (χ3v) is 3.25. The second-order valence-corrected chi connectivity index (χ2v) is 4.87. The fourth-order valence-corrected chi connectivity index (χ4v) is 2.25. The van der Waals surface area contributed by atoms with Crippen LogP contribution in [0.1, 0.15) is 45.1 Å². The molecule has 0 bridgehead atoms. The number of rotatable bonds is 4. The highest BCUT2D eigenvalue weighted by atomic mass is 16.4. The van der Waals surface area contributed by atoms with Gasteiger partial charge in [0.15, 0.2) is 5.69 Å². The van der Waals surface area contributed by atoms with E-state index in [9.17, 15) is 9.59 Å². The minimum absolute atomic E-state index is 0.0402. The van der Waals surface area contributed by atoms with Gasteiger partial charge in [0.2, 0.25) is 0 Å². The number of carboxylic acids is 1. The van der Waals surface area contributed by atoms with Gasteiger partial charge in [-0.25, -0.2) is 4.79 Å². The van der Waals surface area contributed by atoms with E-state index < -0.39 is 11.9 Å². The number of carbonyl (C=O) groups is 2. The van der Waals surface area contributed by atoms with Gasteiger partial charge >= 0.3 is 5.97 Å². The summed E-state index contributed by atoms with van der Waals surface area (Å²) in [5.41, 5.74) is 1.60. The van der Waals surface area contributed by atoms with Crippen molar-refractivity contribution < 1.29 is 14.7 Å². The smallest absolute Gasteiger partial charge is 0.354 e. The minimum atomic E-state index is -1.19. The number of carbonyl (C=O) groups excluding carboxylic acids is 1. The molecule has 0 radical (unpaired) electrons. The van der Waals surface area contributed by atoms with Crippen molar-refractivity contribution in [2.24, 2.45) is 14.1 Å². The van der Waals surface area contributed by atoms with E-state index in [-0.39, 0.29) is 17.3 Å². The maximum Gasteiger partial charge on any atom is 0.354 e. The Bertz CT molecular complexity index is 701. The summed E-state index contributed by atoms with van der Waals surface area (Å²) in [6, 6.07) is -0.284. The molecule has 21 heavy (non-hydrogen) atoms. The SMILES string of the molecule is Cc1nn(C)cc1C(C)NC(=O)c1cnn(C)c1C(=O)O. The Hall–Kier alpha value is -2.64. The van der Waals surface area contributed by atoms with Crippen molar-refractivity contribution >= 4 is 11.9 Å². The molecule has 0 saturated carbocycles. The van der Waals surface area contributed by atoms with Gasteiger partial charge in [-0.2, -0.15) is 10.2 Å². The highest BCUT2D eigenvalue weighted by molar-refractivity contribution is 6.03. The van der Waals surface area contributed by atoms with E-state index in [1.807, 2.05) is 20.0 Å². The maximum atomic E-state index is 12.2. The average Bonchev–Trinajstić information content (AvgIpc) is 2.92. The van der Waals surface area contributed by atoms with Gasteiger partial charge in [0.05, 0.1) is 23.5 Å². The second-order valence-electron chi connectivity index (χ2n) is 4.87. The molecule has 0 aliphatic rings. The molecule has 112 valence electrons. The van der Waals surface area contributed by atoms with E-state index in [1.54, 1.807) is 11.7 Å². The zero-order valence-electron chi connectivity index (χ0n) is 12.3. The first-order valence-corrected chi connectivity index (χ1v) is 6.37. The zero-order chi connectivity index (χ0) is 15.7. The Morgan fingerprint density at radius 3 is 2.57 bits per heavy atom. The number of nitrogens with one attached hydrogen (secondary N) is 1. The van der Waals surface area contributed by atoms with Gasteiger partial charge in [-0.05, 0) is 13.8 Å². The van der Waals surface area contributed by atoms with E-state index in [0.29, 0.717) is 0 Å². The first-order valence-electron chi connectivity index (χ1n) is 6.37. The van der Waals surface area contributed by atoms with Gasteiger partial charge in [0.1, 0.15) is 0 Å². The minimum Gasteiger partial charge on any atom is -0.477 e. The third kappa shape index (κ3) is 2.78. The van der Waals surface area contributed by atoms with Gasteiger partial charge < -0.3 is 10.4 Å². The van der Waals surface area contributed by atoms with Crippen molar-refractivity contribution in [1.82, 2.24) is 24.9 Å². The summed E-state index contributed by atoms with van der Waals surface area (Å²) in [5, 5.41) is 19.9. The second kappa shape index (κ2) is 5.39. The Kier molecular flexibility index (Phi) is 3.79. The first kappa shape index (κ1) is 14.8. The summed E-state index contributed by atoms with van der Waals surface area (Å²) in [4.78, 5) is 23.4. The number of aryl methyl sites for hydroxylation is 3. The monoisotopic (exact) mass is 291 g/mol. The van der Waals surface area contributed by atoms with E-state index >= 15 is 0 Å². The summed E-state index contributed by atoms with van der Waals surface area (Å²) < 4.78 is 2.83. The molecule has 2 N–H and O–H groups in total. The van der Waals surface area contributed by atoms with E-state index in [2.05, 4.69) is 15.5 Å². The van der Waals surface area contributed by atoms with Crippen LogP contribution in [0, 0.1) is 6.92 Å². The standard InChI is InChI=1S/C13H17N5O3/c1-7(10-6-17(3)16-8(10)2)15-12(19)9-5-14-18(4)11(9)13(20)21/h5-7H,1-4H3,(H,15,19)(H,20,21). The number of aromatic carboxylic acids is 1. The fourth-order valence-electron chi connectivity index (χ4n) is 2.25. The van der Waals surface area contributed by atoms with E-state index in [1.165, 1.54) is 13.2 Å². The number of aromatic nitrogens is 4. The number of carboxylic acid groups (broad SMARTS) is 1. The molecule has 0 fully saturated rings. The average molecular weight is 291 g/mol. The number of nitrogens with zero attached hydrogens (tertiary/aromatic N) is 4. The number of hydrogen-bond donors (Lipinski definition) is 2. The van der Waals surface area contributed by atoms with Crippen molar-refractivity contribution in [3.8, 4) is 0 Å². The summed E-state index contributed by atoms with van der Waals surface area (Å²) in [7, 11) is 3.28. The van der Waals surface area contributed by atoms with Crippen LogP contribution >= 0.6 is 0 Å². The molecule has 1 atom stereocenters. The Labute approximate surface area is 121 Å². The van der Waals surface area contributed by atoms with Crippen molar-refractivity contribution in [3.05, 3.63) is 34.9 Å². The van der Waals surface area contributed by atoms with Crippen LogP contribution < -0.4 is 5.32 Å². The molecule has 1 unspecified atom stereocenters. The lowest BCUT2D eigenvalue weighted by molar-refractivity contribution is 0.0678. The Morgan fingerprint density at radius 1 is 1.38 bits per heavy atom. The van der Waals surface area contributed by atoms with Crippen LogP contribution in [-0.4, -0.2) is 36.5 Å². The predicted molar refractivity (Wildman–Crippen MR) is 74.0 cm³/mol. The van der Waals surface area contributed by atoms with Crippen LogP contribution in [0.3, 0.4) is 0 Å². The van der Waals surface area contributed by atoms with Crippen molar-refractivity contribution in [1.29, 1.82) is 0 Å². The van der Waals surface area contributed by atoms with Crippen molar-refractivity contribution in [3.63, 3.8) is 0 Å². The number of amides is 1. The molecule has 0 saturated heterocycles. The lowest BCUT2D eigenvalue weighted by Gasteiger charge is -2.13. The zero-order valence-corrected chi connectivity index (χ0v) is 12.3. The molecule has 2 aromatic rings. The maximum absolute atomic E-state index is 12.2. The van der Waals surface area contributed by atoms with Crippen LogP contribution in [0.15, 0.2) is 12.4 Å². The molecule has 1 amide bonds. The van der Waals surface area contributed by atoms with Crippen LogP contribution in [0.5, 0.6) is 0 Å². The summed E-state index contributed by atoms with van der Waals surface area (Å²) in [5.74, 6) is -1.67. The van der Waals surface area contributed by atoms with Gasteiger partial charge in [-0.1, -0.05) is 0 Å². The normalized spacial score (nSPS) is 12.2. The fraction of sp³-hybridized carbons (Fsp3) is 0.385. The molecule has 2 aromatic heterocycles. The summed E-state index contributed by atoms with van der Waals surface area (Å²) in [6.45, 7) is 3.67. The molecule has 0 spiro atoms. The quantitative estimate of drug-likeness (QED) is 0.861.